The highest BCUT2D eigenvalue weighted by Gasteiger charge is 2.08. The van der Waals surface area contributed by atoms with Gasteiger partial charge in [0.05, 0.1) is 0 Å². The third-order valence-corrected chi connectivity index (χ3v) is 2.46. The smallest absolute Gasteiger partial charge is 0.222 e. The zero-order chi connectivity index (χ0) is 10.3. The molecule has 0 aliphatic heterocycles. The molecular formula is C8H17NO3S. The number of carbonyl (C=O) groups excluding carboxylic acids is 1. The van der Waals surface area contributed by atoms with Gasteiger partial charge in [0.25, 0.3) is 0 Å². The van der Waals surface area contributed by atoms with Crippen molar-refractivity contribution in [2.45, 2.75) is 26.7 Å². The summed E-state index contributed by atoms with van der Waals surface area (Å²) >= 11 is -1.77. The highest BCUT2D eigenvalue weighted by Crippen LogP contribution is 1.98. The molecule has 0 aliphatic carbocycles. The predicted molar refractivity (Wildman–Crippen MR) is 52.8 cm³/mol. The summed E-state index contributed by atoms with van der Waals surface area (Å²) < 4.78 is 18.7. The van der Waals surface area contributed by atoms with E-state index in [2.05, 4.69) is 0 Å². The average Bonchev–Trinajstić information content (AvgIpc) is 2.05. The number of rotatable bonds is 6. The van der Waals surface area contributed by atoms with Crippen LogP contribution in [0.5, 0.6) is 0 Å². The third-order valence-electron chi connectivity index (χ3n) is 1.83. The fourth-order valence-electron chi connectivity index (χ4n) is 1.08. The van der Waals surface area contributed by atoms with Crippen molar-refractivity contribution in [1.82, 2.24) is 4.90 Å². The summed E-state index contributed by atoms with van der Waals surface area (Å²) in [6.07, 6.45) is 0.854. The molecule has 0 rings (SSSR count). The van der Waals surface area contributed by atoms with Crippen LogP contribution >= 0.6 is 0 Å². The molecule has 0 fully saturated rings. The fraction of sp³-hybridized carbons (Fsp3) is 0.875. The Kier molecular flexibility index (Phi) is 6.80. The van der Waals surface area contributed by atoms with Gasteiger partial charge in [0.15, 0.2) is 11.1 Å². The van der Waals surface area contributed by atoms with Crippen LogP contribution in [0.2, 0.25) is 0 Å². The lowest BCUT2D eigenvalue weighted by Crippen LogP contribution is -2.30. The van der Waals surface area contributed by atoms with Gasteiger partial charge in [0.2, 0.25) is 5.91 Å². The van der Waals surface area contributed by atoms with E-state index < -0.39 is 11.1 Å². The zero-order valence-corrected chi connectivity index (χ0v) is 8.97. The summed E-state index contributed by atoms with van der Waals surface area (Å²) in [7, 11) is 0. The van der Waals surface area contributed by atoms with Crippen molar-refractivity contribution in [1.29, 1.82) is 0 Å². The van der Waals surface area contributed by atoms with Crippen LogP contribution in [0.15, 0.2) is 0 Å². The normalized spacial score (nSPS) is 12.5. The summed E-state index contributed by atoms with van der Waals surface area (Å²) in [4.78, 5) is 13.1. The van der Waals surface area contributed by atoms with Gasteiger partial charge in [0, 0.05) is 25.3 Å². The molecular weight excluding hydrogens is 190 g/mol. The molecule has 13 heavy (non-hydrogen) atoms. The lowest BCUT2D eigenvalue weighted by atomic mass is 10.3. The van der Waals surface area contributed by atoms with Crippen LogP contribution in [0, 0.1) is 0 Å². The highest BCUT2D eigenvalue weighted by atomic mass is 32.2. The summed E-state index contributed by atoms with van der Waals surface area (Å²) in [5, 5.41) is 0. The van der Waals surface area contributed by atoms with E-state index in [4.69, 9.17) is 4.55 Å². The fourth-order valence-corrected chi connectivity index (χ4v) is 1.47. The minimum atomic E-state index is -1.77. The van der Waals surface area contributed by atoms with Crippen molar-refractivity contribution >= 4 is 17.0 Å². The Morgan fingerprint density at radius 3 is 2.31 bits per heavy atom. The Morgan fingerprint density at radius 1 is 1.38 bits per heavy atom. The molecule has 0 radical (unpaired) electrons. The van der Waals surface area contributed by atoms with E-state index in [1.165, 1.54) is 0 Å². The molecule has 0 aromatic heterocycles. The standard InChI is InChI=1S/C8H17NO3S/c1-3-9(4-2)8(10)6-5-7-13(11)12/h3-7H2,1-2H3,(H,11,12). The van der Waals surface area contributed by atoms with Crippen molar-refractivity contribution in [3.8, 4) is 0 Å². The lowest BCUT2D eigenvalue weighted by molar-refractivity contribution is -0.130. The Morgan fingerprint density at radius 2 is 1.92 bits per heavy atom. The molecule has 0 aromatic carbocycles. The van der Waals surface area contributed by atoms with E-state index >= 15 is 0 Å². The van der Waals surface area contributed by atoms with Crippen LogP contribution in [0.25, 0.3) is 0 Å². The quantitative estimate of drug-likeness (QED) is 0.657. The summed E-state index contributed by atoms with van der Waals surface area (Å²) in [6, 6.07) is 0. The number of hydrogen-bond donors (Lipinski definition) is 1. The van der Waals surface area contributed by atoms with E-state index in [0.717, 1.165) is 0 Å². The van der Waals surface area contributed by atoms with E-state index in [1.54, 1.807) is 4.90 Å². The van der Waals surface area contributed by atoms with Crippen LogP contribution in [0.1, 0.15) is 26.7 Å². The van der Waals surface area contributed by atoms with E-state index in [0.29, 0.717) is 25.9 Å². The SMILES string of the molecule is CCN(CC)C(=O)CCCS(=O)O. The monoisotopic (exact) mass is 207 g/mol. The van der Waals surface area contributed by atoms with Gasteiger partial charge in [-0.05, 0) is 20.3 Å². The van der Waals surface area contributed by atoms with Gasteiger partial charge >= 0.3 is 0 Å². The minimum Gasteiger partial charge on any atom is -0.343 e. The van der Waals surface area contributed by atoms with E-state index in [9.17, 15) is 9.00 Å². The molecule has 0 bridgehead atoms. The maximum Gasteiger partial charge on any atom is 0.222 e. The predicted octanol–water partition coefficient (Wildman–Crippen LogP) is 0.857. The molecule has 1 amide bonds. The largest absolute Gasteiger partial charge is 0.343 e. The van der Waals surface area contributed by atoms with Crippen molar-refractivity contribution in [2.75, 3.05) is 18.8 Å². The number of nitrogens with zero attached hydrogens (tertiary/aromatic N) is 1. The zero-order valence-electron chi connectivity index (χ0n) is 8.15. The molecule has 0 saturated carbocycles. The van der Waals surface area contributed by atoms with Gasteiger partial charge in [-0.1, -0.05) is 0 Å². The van der Waals surface area contributed by atoms with Crippen LogP contribution in [0.4, 0.5) is 0 Å². The Hall–Kier alpha value is -0.420. The number of hydrogen-bond acceptors (Lipinski definition) is 2. The molecule has 0 aliphatic rings. The Labute approximate surface area is 81.6 Å². The van der Waals surface area contributed by atoms with Crippen molar-refractivity contribution in [3.63, 3.8) is 0 Å². The molecule has 5 heteroatoms. The minimum absolute atomic E-state index is 0.0652. The molecule has 1 N–H and O–H groups in total. The van der Waals surface area contributed by atoms with E-state index in [-0.39, 0.29) is 11.7 Å². The molecule has 1 unspecified atom stereocenters. The summed E-state index contributed by atoms with van der Waals surface area (Å²) in [5.74, 6) is 0.253. The molecule has 4 nitrogen and oxygen atoms in total. The topological polar surface area (TPSA) is 57.6 Å². The van der Waals surface area contributed by atoms with Crippen molar-refractivity contribution in [3.05, 3.63) is 0 Å². The van der Waals surface area contributed by atoms with Gasteiger partial charge in [-0.2, -0.15) is 0 Å². The highest BCUT2D eigenvalue weighted by molar-refractivity contribution is 7.79. The van der Waals surface area contributed by atoms with E-state index in [1.807, 2.05) is 13.8 Å². The molecule has 78 valence electrons. The first-order chi connectivity index (χ1) is 6.11. The van der Waals surface area contributed by atoms with Crippen molar-refractivity contribution in [2.24, 2.45) is 0 Å². The first-order valence-electron chi connectivity index (χ1n) is 4.47. The first-order valence-corrected chi connectivity index (χ1v) is 5.74. The van der Waals surface area contributed by atoms with Gasteiger partial charge in [-0.15, -0.1) is 0 Å². The average molecular weight is 207 g/mol. The second kappa shape index (κ2) is 7.03. The van der Waals surface area contributed by atoms with Gasteiger partial charge in [0.1, 0.15) is 0 Å². The lowest BCUT2D eigenvalue weighted by Gasteiger charge is -2.17. The van der Waals surface area contributed by atoms with Crippen LogP contribution in [-0.4, -0.2) is 38.4 Å². The first kappa shape index (κ1) is 12.6. The number of carbonyl (C=O) groups is 1. The number of amides is 1. The van der Waals surface area contributed by atoms with Gasteiger partial charge in [-0.25, -0.2) is 4.21 Å². The maximum absolute atomic E-state index is 11.3. The van der Waals surface area contributed by atoms with Gasteiger partial charge < -0.3 is 9.45 Å². The summed E-state index contributed by atoms with van der Waals surface area (Å²) in [5.41, 5.74) is 0. The molecule has 0 aromatic rings. The van der Waals surface area contributed by atoms with Crippen molar-refractivity contribution < 1.29 is 13.6 Å². The molecule has 0 spiro atoms. The van der Waals surface area contributed by atoms with Crippen LogP contribution in [-0.2, 0) is 15.9 Å². The molecule has 1 atom stereocenters. The van der Waals surface area contributed by atoms with Gasteiger partial charge in [-0.3, -0.25) is 4.79 Å². The third kappa shape index (κ3) is 5.76. The second-order valence-corrected chi connectivity index (χ2v) is 3.75. The van der Waals surface area contributed by atoms with Crippen LogP contribution in [0.3, 0.4) is 0 Å². The second-order valence-electron chi connectivity index (χ2n) is 2.70. The van der Waals surface area contributed by atoms with Crippen LogP contribution < -0.4 is 0 Å². The Bertz CT molecular complexity index is 180. The maximum atomic E-state index is 11.3. The molecule has 0 heterocycles. The summed E-state index contributed by atoms with van der Waals surface area (Å²) in [6.45, 7) is 5.26. The molecule has 0 saturated heterocycles. The Balaban J connectivity index is 3.66.